The van der Waals surface area contributed by atoms with Crippen LogP contribution >= 0.6 is 0 Å². The normalized spacial score (nSPS) is 10.2. The van der Waals surface area contributed by atoms with Crippen molar-refractivity contribution >= 4 is 17.9 Å². The number of benzene rings is 1. The van der Waals surface area contributed by atoms with E-state index in [1.807, 2.05) is 0 Å². The van der Waals surface area contributed by atoms with E-state index in [1.165, 1.54) is 31.2 Å². The fourth-order valence-corrected chi connectivity index (χ4v) is 0.848. The van der Waals surface area contributed by atoms with Crippen LogP contribution in [0.15, 0.2) is 24.3 Å². The second-order valence-electron chi connectivity index (χ2n) is 3.15. The number of hydrogen-bond donors (Lipinski definition) is 3. The van der Waals surface area contributed by atoms with Gasteiger partial charge in [0.1, 0.15) is 6.10 Å². The Morgan fingerprint density at radius 2 is 1.47 bits per heavy atom. The Labute approximate surface area is 130 Å². The summed E-state index contributed by atoms with van der Waals surface area (Å²) in [6.45, 7) is 1.20. The molecule has 1 unspecified atom stereocenters. The van der Waals surface area contributed by atoms with E-state index in [4.69, 9.17) is 15.3 Å². The standard InChI is InChI=1S/C8H6O4.C3H6O3.Na/c9-7(10)5-3-1-2-4-6(5)8(11)12;1-2(4)3(5)6;/h1-4H,(H,9,10)(H,11,12);2,4H,1H3,(H,5,6);/q;;+1/p-1. The van der Waals surface area contributed by atoms with Crippen LogP contribution in [-0.4, -0.2) is 39.3 Å². The van der Waals surface area contributed by atoms with Crippen LogP contribution in [0.5, 0.6) is 0 Å². The molecule has 0 saturated heterocycles. The molecule has 0 saturated carbocycles. The Kier molecular flexibility index (Phi) is 9.97. The van der Waals surface area contributed by atoms with Crippen molar-refractivity contribution < 1.29 is 64.4 Å². The summed E-state index contributed by atoms with van der Waals surface area (Å²) in [7, 11) is 0. The van der Waals surface area contributed by atoms with Crippen molar-refractivity contribution in [2.75, 3.05) is 0 Å². The van der Waals surface area contributed by atoms with Crippen LogP contribution in [0, 0.1) is 0 Å². The third-order valence-corrected chi connectivity index (χ3v) is 1.73. The fourth-order valence-electron chi connectivity index (χ4n) is 0.848. The molecular formula is C11H11NaO7. The van der Waals surface area contributed by atoms with E-state index in [0.29, 0.717) is 0 Å². The van der Waals surface area contributed by atoms with Gasteiger partial charge in [-0.2, -0.15) is 0 Å². The molecule has 0 radical (unpaired) electrons. The van der Waals surface area contributed by atoms with Gasteiger partial charge >= 0.3 is 41.5 Å². The van der Waals surface area contributed by atoms with Crippen LogP contribution in [-0.2, 0) is 4.79 Å². The van der Waals surface area contributed by atoms with Crippen molar-refractivity contribution in [3.8, 4) is 0 Å². The molecule has 0 bridgehead atoms. The summed E-state index contributed by atoms with van der Waals surface area (Å²) >= 11 is 0. The van der Waals surface area contributed by atoms with Crippen molar-refractivity contribution in [1.82, 2.24) is 0 Å². The van der Waals surface area contributed by atoms with Crippen molar-refractivity contribution in [3.05, 3.63) is 35.4 Å². The minimum Gasteiger partial charge on any atom is -0.545 e. The molecule has 8 heteroatoms. The molecule has 1 aromatic carbocycles. The zero-order valence-electron chi connectivity index (χ0n) is 10.4. The Morgan fingerprint density at radius 3 is 1.68 bits per heavy atom. The molecule has 0 amide bonds. The molecule has 0 fully saturated rings. The van der Waals surface area contributed by atoms with Gasteiger partial charge in [-0.15, -0.1) is 0 Å². The number of carbonyl (C=O) groups is 3. The topological polar surface area (TPSA) is 135 Å². The summed E-state index contributed by atoms with van der Waals surface area (Å²) in [5.41, 5.74) is -0.553. The third-order valence-electron chi connectivity index (χ3n) is 1.73. The van der Waals surface area contributed by atoms with Crippen molar-refractivity contribution in [1.29, 1.82) is 0 Å². The first-order valence-electron chi connectivity index (χ1n) is 4.72. The molecule has 7 nitrogen and oxygen atoms in total. The molecule has 1 atom stereocenters. The van der Waals surface area contributed by atoms with Gasteiger partial charge in [-0.25, -0.2) is 9.59 Å². The van der Waals surface area contributed by atoms with Crippen LogP contribution in [0.3, 0.4) is 0 Å². The van der Waals surface area contributed by atoms with E-state index in [0.717, 1.165) is 0 Å². The molecule has 19 heavy (non-hydrogen) atoms. The maximum Gasteiger partial charge on any atom is 1.00 e. The average molecular weight is 278 g/mol. The van der Waals surface area contributed by atoms with Crippen LogP contribution in [0.2, 0.25) is 0 Å². The van der Waals surface area contributed by atoms with Gasteiger partial charge in [0.25, 0.3) is 0 Å². The predicted molar refractivity (Wildman–Crippen MR) is 57.0 cm³/mol. The minimum absolute atomic E-state index is 0. The second-order valence-corrected chi connectivity index (χ2v) is 3.15. The number of carbonyl (C=O) groups excluding carboxylic acids is 1. The van der Waals surface area contributed by atoms with E-state index < -0.39 is 24.0 Å². The fraction of sp³-hybridized carbons (Fsp3) is 0.182. The van der Waals surface area contributed by atoms with Gasteiger partial charge in [0.05, 0.1) is 11.5 Å². The van der Waals surface area contributed by atoms with Crippen LogP contribution in [0.1, 0.15) is 27.6 Å². The van der Waals surface area contributed by atoms with Crippen LogP contribution in [0.25, 0.3) is 0 Å². The molecule has 0 aliphatic rings. The zero-order chi connectivity index (χ0) is 14.3. The zero-order valence-corrected chi connectivity index (χ0v) is 12.4. The Bertz CT molecular complexity index is 423. The molecular weight excluding hydrogens is 267 g/mol. The van der Waals surface area contributed by atoms with Crippen molar-refractivity contribution in [2.45, 2.75) is 13.0 Å². The summed E-state index contributed by atoms with van der Waals surface area (Å²) in [5.74, 6) is -3.93. The van der Waals surface area contributed by atoms with Gasteiger partial charge in [0, 0.05) is 5.56 Å². The summed E-state index contributed by atoms with van der Waals surface area (Å²) in [5, 5.41) is 34.6. The van der Waals surface area contributed by atoms with E-state index >= 15 is 0 Å². The maximum absolute atomic E-state index is 10.4. The van der Waals surface area contributed by atoms with Gasteiger partial charge in [0.2, 0.25) is 0 Å². The Morgan fingerprint density at radius 1 is 1.11 bits per heavy atom. The van der Waals surface area contributed by atoms with Crippen molar-refractivity contribution in [3.63, 3.8) is 0 Å². The minimum atomic E-state index is -1.48. The largest absolute Gasteiger partial charge is 1.00 e. The summed E-state index contributed by atoms with van der Waals surface area (Å²) in [6, 6.07) is 5.31. The van der Waals surface area contributed by atoms with Gasteiger partial charge < -0.3 is 25.2 Å². The number of aliphatic hydroxyl groups is 1. The molecule has 1 rings (SSSR count). The third kappa shape index (κ3) is 7.58. The van der Waals surface area contributed by atoms with Crippen LogP contribution < -0.4 is 34.7 Å². The van der Waals surface area contributed by atoms with E-state index in [2.05, 4.69) is 0 Å². The van der Waals surface area contributed by atoms with Gasteiger partial charge in [-0.1, -0.05) is 18.2 Å². The molecule has 3 N–H and O–H groups in total. The monoisotopic (exact) mass is 278 g/mol. The average Bonchev–Trinajstić information content (AvgIpc) is 2.29. The number of aliphatic hydroxyl groups excluding tert-OH is 1. The first kappa shape index (κ1) is 19.9. The number of aromatic carboxylic acids is 2. The number of carboxylic acid groups (broad SMARTS) is 3. The molecule has 0 aliphatic carbocycles. The molecule has 0 spiro atoms. The van der Waals surface area contributed by atoms with Gasteiger partial charge in [0.15, 0.2) is 0 Å². The van der Waals surface area contributed by atoms with Crippen LogP contribution in [0.4, 0.5) is 0 Å². The predicted octanol–water partition coefficient (Wildman–Crippen LogP) is -3.80. The van der Waals surface area contributed by atoms with E-state index in [9.17, 15) is 19.5 Å². The molecule has 98 valence electrons. The Hall–Kier alpha value is -1.41. The first-order chi connectivity index (χ1) is 8.27. The van der Waals surface area contributed by atoms with E-state index in [1.54, 1.807) is 0 Å². The quantitative estimate of drug-likeness (QED) is 0.482. The first-order valence-corrected chi connectivity index (χ1v) is 4.72. The Balaban J connectivity index is 0. The maximum atomic E-state index is 10.4. The summed E-state index contributed by atoms with van der Waals surface area (Å²) in [6.07, 6.45) is -1.23. The smallest absolute Gasteiger partial charge is 0.545 e. The molecule has 0 aliphatic heterocycles. The molecule has 0 heterocycles. The summed E-state index contributed by atoms with van der Waals surface area (Å²) in [4.78, 5) is 30.2. The van der Waals surface area contributed by atoms with Crippen molar-refractivity contribution in [2.24, 2.45) is 0 Å². The van der Waals surface area contributed by atoms with Gasteiger partial charge in [-0.05, 0) is 13.0 Å². The number of rotatable bonds is 3. The van der Waals surface area contributed by atoms with E-state index in [-0.39, 0.29) is 40.7 Å². The number of aliphatic carboxylic acids is 1. The summed E-state index contributed by atoms with van der Waals surface area (Å²) < 4.78 is 0. The van der Waals surface area contributed by atoms with Gasteiger partial charge in [-0.3, -0.25) is 0 Å². The molecule has 1 aromatic rings. The second kappa shape index (κ2) is 9.51. The molecule has 0 aromatic heterocycles. The SMILES string of the molecule is CC(O)C(=O)O.O=C([O-])c1ccccc1C(=O)O.[Na+]. The number of carboxylic acids is 3. The number of hydrogen-bond acceptors (Lipinski definition) is 5.